The van der Waals surface area contributed by atoms with Crippen molar-refractivity contribution < 1.29 is 9.53 Å². The number of benzene rings is 3. The summed E-state index contributed by atoms with van der Waals surface area (Å²) in [6, 6.07) is 24.4. The summed E-state index contributed by atoms with van der Waals surface area (Å²) in [5.41, 5.74) is 3.19. The minimum Gasteiger partial charge on any atom is -0.497 e. The molecule has 3 aromatic rings. The van der Waals surface area contributed by atoms with Gasteiger partial charge in [-0.2, -0.15) is 0 Å². The third-order valence-electron chi connectivity index (χ3n) is 4.44. The Hall–Kier alpha value is -2.37. The van der Waals surface area contributed by atoms with E-state index < -0.39 is 0 Å². The van der Waals surface area contributed by atoms with E-state index in [0.29, 0.717) is 0 Å². The van der Waals surface area contributed by atoms with E-state index in [2.05, 4.69) is 41.7 Å². The number of rotatable bonds is 8. The van der Waals surface area contributed by atoms with Gasteiger partial charge in [0.2, 0.25) is 5.91 Å². The van der Waals surface area contributed by atoms with Gasteiger partial charge in [0.1, 0.15) is 5.75 Å². The van der Waals surface area contributed by atoms with Crippen LogP contribution < -0.4 is 10.1 Å². The Bertz CT molecular complexity index is 943. The normalized spacial score (nSPS) is 11.7. The molecule has 3 aromatic carbocycles. The van der Waals surface area contributed by atoms with Crippen LogP contribution in [0.25, 0.3) is 0 Å². The highest BCUT2D eigenvalue weighted by Gasteiger charge is 2.15. The molecule has 0 saturated heterocycles. The molecule has 3 rings (SSSR count). The molecule has 1 N–H and O–H groups in total. The van der Waals surface area contributed by atoms with Gasteiger partial charge < -0.3 is 10.1 Å². The van der Waals surface area contributed by atoms with E-state index in [0.717, 1.165) is 27.6 Å². The predicted octanol–water partition coefficient (Wildman–Crippen LogP) is 6.42. The fraction of sp³-hybridized carbons (Fsp3) is 0.208. The van der Waals surface area contributed by atoms with E-state index in [9.17, 15) is 4.79 Å². The highest BCUT2D eigenvalue weighted by atomic mass is 32.2. The minimum absolute atomic E-state index is 0.000304. The topological polar surface area (TPSA) is 38.3 Å². The van der Waals surface area contributed by atoms with Crippen molar-refractivity contribution >= 4 is 35.1 Å². The van der Waals surface area contributed by atoms with Crippen LogP contribution >= 0.6 is 23.5 Å². The number of anilines is 1. The van der Waals surface area contributed by atoms with E-state index >= 15 is 0 Å². The number of aryl methyl sites for hydroxylation is 1. The average molecular weight is 424 g/mol. The molecular formula is C24H25NO2S2. The summed E-state index contributed by atoms with van der Waals surface area (Å²) >= 11 is 3.35. The van der Waals surface area contributed by atoms with E-state index in [4.69, 9.17) is 4.74 Å². The van der Waals surface area contributed by atoms with Gasteiger partial charge in [-0.15, -0.1) is 23.5 Å². The molecule has 0 aliphatic heterocycles. The molecule has 0 aliphatic rings. The summed E-state index contributed by atoms with van der Waals surface area (Å²) in [6.45, 7) is 3.96. The van der Waals surface area contributed by atoms with Crippen molar-refractivity contribution in [3.05, 3.63) is 83.9 Å². The van der Waals surface area contributed by atoms with Crippen molar-refractivity contribution in [1.82, 2.24) is 0 Å². The molecule has 0 spiro atoms. The maximum Gasteiger partial charge on any atom is 0.237 e. The van der Waals surface area contributed by atoms with Crippen molar-refractivity contribution in [2.24, 2.45) is 0 Å². The molecule has 150 valence electrons. The fourth-order valence-corrected chi connectivity index (χ4v) is 4.52. The summed E-state index contributed by atoms with van der Waals surface area (Å²) < 4.78 is 5.18. The number of methoxy groups -OCH3 is 1. The summed E-state index contributed by atoms with van der Waals surface area (Å²) in [7, 11) is 1.65. The standard InChI is InChI=1S/C24H25NO2S2/c1-17-15-19(16-28-21-7-5-4-6-8-21)9-14-23(17)25-24(26)18(2)29-22-12-10-20(27-3)11-13-22/h4-15,18H,16H2,1-3H3,(H,25,26)/t18-/m0/s1. The Morgan fingerprint density at radius 3 is 2.38 bits per heavy atom. The van der Waals surface area contributed by atoms with Gasteiger partial charge in [-0.25, -0.2) is 0 Å². The van der Waals surface area contributed by atoms with E-state index in [1.807, 2.05) is 62.0 Å². The lowest BCUT2D eigenvalue weighted by atomic mass is 10.1. The summed E-state index contributed by atoms with van der Waals surface area (Å²) in [5.74, 6) is 1.72. The second kappa shape index (κ2) is 10.4. The molecule has 0 bridgehead atoms. The van der Waals surface area contributed by atoms with Crippen LogP contribution in [0.15, 0.2) is 82.6 Å². The SMILES string of the molecule is COc1ccc(S[C@@H](C)C(=O)Nc2ccc(CSc3ccccc3)cc2C)cc1. The molecule has 5 heteroatoms. The molecular weight excluding hydrogens is 398 g/mol. The first-order valence-corrected chi connectivity index (χ1v) is 11.3. The molecule has 0 aliphatic carbocycles. The second-order valence-electron chi connectivity index (χ2n) is 6.68. The van der Waals surface area contributed by atoms with Gasteiger partial charge >= 0.3 is 0 Å². The van der Waals surface area contributed by atoms with Crippen LogP contribution in [0.3, 0.4) is 0 Å². The molecule has 0 heterocycles. The van der Waals surface area contributed by atoms with Crippen LogP contribution in [0.2, 0.25) is 0 Å². The third kappa shape index (κ3) is 6.31. The number of carbonyl (C=O) groups excluding carboxylic acids is 1. The number of hydrogen-bond acceptors (Lipinski definition) is 4. The smallest absolute Gasteiger partial charge is 0.237 e. The predicted molar refractivity (Wildman–Crippen MR) is 124 cm³/mol. The minimum atomic E-state index is -0.198. The fourth-order valence-electron chi connectivity index (χ4n) is 2.79. The van der Waals surface area contributed by atoms with Crippen molar-refractivity contribution in [1.29, 1.82) is 0 Å². The molecule has 0 fully saturated rings. The highest BCUT2D eigenvalue weighted by Crippen LogP contribution is 2.28. The van der Waals surface area contributed by atoms with Gasteiger partial charge in [0, 0.05) is 21.2 Å². The quantitative estimate of drug-likeness (QED) is 0.425. The van der Waals surface area contributed by atoms with Crippen molar-refractivity contribution in [2.45, 2.75) is 34.6 Å². The lowest BCUT2D eigenvalue weighted by Gasteiger charge is -2.14. The maximum absolute atomic E-state index is 12.6. The zero-order chi connectivity index (χ0) is 20.6. The van der Waals surface area contributed by atoms with Crippen molar-refractivity contribution in [2.75, 3.05) is 12.4 Å². The first-order valence-electron chi connectivity index (χ1n) is 9.44. The van der Waals surface area contributed by atoms with E-state index in [-0.39, 0.29) is 11.2 Å². The average Bonchev–Trinajstić information content (AvgIpc) is 2.75. The van der Waals surface area contributed by atoms with Gasteiger partial charge in [0.05, 0.1) is 12.4 Å². The number of nitrogens with one attached hydrogen (secondary N) is 1. The summed E-state index contributed by atoms with van der Waals surface area (Å²) in [5, 5.41) is 2.86. The number of thioether (sulfide) groups is 2. The van der Waals surface area contributed by atoms with Crippen molar-refractivity contribution in [3.8, 4) is 5.75 Å². The molecule has 0 aromatic heterocycles. The Kier molecular flexibility index (Phi) is 7.67. The Morgan fingerprint density at radius 1 is 1.00 bits per heavy atom. The maximum atomic E-state index is 12.6. The first kappa shape index (κ1) is 21.3. The highest BCUT2D eigenvalue weighted by molar-refractivity contribution is 8.00. The molecule has 1 amide bonds. The number of hydrogen-bond donors (Lipinski definition) is 1. The monoisotopic (exact) mass is 423 g/mol. The second-order valence-corrected chi connectivity index (χ2v) is 9.14. The summed E-state index contributed by atoms with van der Waals surface area (Å²) in [4.78, 5) is 14.9. The van der Waals surface area contributed by atoms with Gasteiger partial charge in [0.25, 0.3) is 0 Å². The Balaban J connectivity index is 1.56. The van der Waals surface area contributed by atoms with Crippen LogP contribution in [0.4, 0.5) is 5.69 Å². The van der Waals surface area contributed by atoms with Crippen LogP contribution in [0.1, 0.15) is 18.1 Å². The van der Waals surface area contributed by atoms with Gasteiger partial charge in [-0.05, 0) is 67.4 Å². The number of carbonyl (C=O) groups is 1. The Labute approximate surface area is 181 Å². The van der Waals surface area contributed by atoms with E-state index in [1.165, 1.54) is 22.2 Å². The van der Waals surface area contributed by atoms with Crippen molar-refractivity contribution in [3.63, 3.8) is 0 Å². The van der Waals surface area contributed by atoms with Gasteiger partial charge in [0.15, 0.2) is 0 Å². The third-order valence-corrected chi connectivity index (χ3v) is 6.63. The first-order chi connectivity index (χ1) is 14.0. The molecule has 29 heavy (non-hydrogen) atoms. The zero-order valence-corrected chi connectivity index (χ0v) is 18.5. The lowest BCUT2D eigenvalue weighted by molar-refractivity contribution is -0.115. The number of ether oxygens (including phenoxy) is 1. The Morgan fingerprint density at radius 2 is 1.72 bits per heavy atom. The van der Waals surface area contributed by atoms with Crippen LogP contribution in [-0.2, 0) is 10.5 Å². The molecule has 0 unspecified atom stereocenters. The lowest BCUT2D eigenvalue weighted by Crippen LogP contribution is -2.22. The number of amides is 1. The van der Waals surface area contributed by atoms with Gasteiger partial charge in [-0.3, -0.25) is 4.79 Å². The molecule has 1 atom stereocenters. The molecule has 0 saturated carbocycles. The largest absolute Gasteiger partial charge is 0.497 e. The van der Waals surface area contributed by atoms with Gasteiger partial charge in [-0.1, -0.05) is 30.3 Å². The van der Waals surface area contributed by atoms with E-state index in [1.54, 1.807) is 7.11 Å². The van der Waals surface area contributed by atoms with Crippen LogP contribution in [0.5, 0.6) is 5.75 Å². The van der Waals surface area contributed by atoms with Crippen LogP contribution in [-0.4, -0.2) is 18.3 Å². The van der Waals surface area contributed by atoms with Crippen LogP contribution in [0, 0.1) is 6.92 Å². The summed E-state index contributed by atoms with van der Waals surface area (Å²) in [6.07, 6.45) is 0. The molecule has 0 radical (unpaired) electrons. The zero-order valence-electron chi connectivity index (χ0n) is 16.8. The molecule has 3 nitrogen and oxygen atoms in total.